The Balaban J connectivity index is 1.76. The minimum atomic E-state index is 0.299. The molecule has 0 aromatic carbocycles. The largest absolute Gasteiger partial charge is 0.452 e. The van der Waals surface area contributed by atoms with Crippen molar-refractivity contribution in [3.8, 4) is 0 Å². The van der Waals surface area contributed by atoms with E-state index in [0.717, 1.165) is 29.7 Å². The molecule has 3 nitrogen and oxygen atoms in total. The highest BCUT2D eigenvalue weighted by Crippen LogP contribution is 2.39. The van der Waals surface area contributed by atoms with Crippen molar-refractivity contribution in [2.45, 2.75) is 31.8 Å². The zero-order chi connectivity index (χ0) is 10.4. The van der Waals surface area contributed by atoms with Gasteiger partial charge in [0.1, 0.15) is 5.76 Å². The fourth-order valence-corrected chi connectivity index (χ4v) is 3.03. The summed E-state index contributed by atoms with van der Waals surface area (Å²) in [6.45, 7) is 0.631. The molecule has 2 aliphatic rings. The Morgan fingerprint density at radius 2 is 2.33 bits per heavy atom. The third kappa shape index (κ3) is 1.51. The summed E-state index contributed by atoms with van der Waals surface area (Å²) in [7, 11) is 0. The van der Waals surface area contributed by atoms with Gasteiger partial charge in [-0.3, -0.25) is 4.79 Å². The maximum Gasteiger partial charge on any atom is 0.226 e. The monoisotopic (exact) mass is 269 g/mol. The van der Waals surface area contributed by atoms with Gasteiger partial charge in [0.25, 0.3) is 0 Å². The number of carbonyl (C=O) groups is 1. The highest BCUT2D eigenvalue weighted by atomic mass is 79.9. The fraction of sp³-hybridized carbons (Fsp3) is 0.545. The van der Waals surface area contributed by atoms with Crippen molar-refractivity contribution < 1.29 is 9.21 Å². The first-order chi connectivity index (χ1) is 7.24. The average Bonchev–Trinajstić information content (AvgIpc) is 2.86. The highest BCUT2D eigenvalue weighted by Gasteiger charge is 2.44. The second-order valence-electron chi connectivity index (χ2n) is 4.34. The van der Waals surface area contributed by atoms with Gasteiger partial charge in [0.2, 0.25) is 5.91 Å². The Kier molecular flexibility index (Phi) is 2.12. The van der Waals surface area contributed by atoms with Crippen LogP contribution in [-0.2, 0) is 11.3 Å². The smallest absolute Gasteiger partial charge is 0.226 e. The van der Waals surface area contributed by atoms with Crippen molar-refractivity contribution >= 4 is 21.8 Å². The number of amides is 1. The second-order valence-corrected chi connectivity index (χ2v) is 5.12. The summed E-state index contributed by atoms with van der Waals surface area (Å²) in [6, 6.07) is 4.25. The van der Waals surface area contributed by atoms with Gasteiger partial charge in [0.05, 0.1) is 6.54 Å². The minimum absolute atomic E-state index is 0.299. The van der Waals surface area contributed by atoms with E-state index in [1.807, 2.05) is 17.0 Å². The van der Waals surface area contributed by atoms with E-state index in [1.54, 1.807) is 0 Å². The SMILES string of the molecule is O=C1C2CCC(C2)N1Cc1ccc(Br)o1. The van der Waals surface area contributed by atoms with Crippen molar-refractivity contribution in [2.24, 2.45) is 5.92 Å². The van der Waals surface area contributed by atoms with Gasteiger partial charge in [-0.1, -0.05) is 0 Å². The molecule has 2 unspecified atom stereocenters. The molecule has 2 atom stereocenters. The van der Waals surface area contributed by atoms with E-state index in [0.29, 0.717) is 24.4 Å². The van der Waals surface area contributed by atoms with E-state index in [2.05, 4.69) is 15.9 Å². The van der Waals surface area contributed by atoms with Crippen LogP contribution < -0.4 is 0 Å². The summed E-state index contributed by atoms with van der Waals surface area (Å²) < 4.78 is 6.16. The minimum Gasteiger partial charge on any atom is -0.452 e. The van der Waals surface area contributed by atoms with Crippen LogP contribution in [0.4, 0.5) is 0 Å². The van der Waals surface area contributed by atoms with Crippen molar-refractivity contribution in [3.63, 3.8) is 0 Å². The maximum atomic E-state index is 11.9. The molecule has 1 aliphatic carbocycles. The van der Waals surface area contributed by atoms with E-state index >= 15 is 0 Å². The van der Waals surface area contributed by atoms with Gasteiger partial charge in [-0.25, -0.2) is 0 Å². The lowest BCUT2D eigenvalue weighted by molar-refractivity contribution is -0.135. The first kappa shape index (κ1) is 9.46. The summed E-state index contributed by atoms with van der Waals surface area (Å²) in [4.78, 5) is 13.8. The molecule has 0 N–H and O–H groups in total. The lowest BCUT2D eigenvalue weighted by Gasteiger charge is -2.25. The predicted molar refractivity (Wildman–Crippen MR) is 58.1 cm³/mol. The van der Waals surface area contributed by atoms with Crippen LogP contribution in [0.3, 0.4) is 0 Å². The third-order valence-corrected chi connectivity index (χ3v) is 3.86. The highest BCUT2D eigenvalue weighted by molar-refractivity contribution is 9.10. The van der Waals surface area contributed by atoms with Crippen LogP contribution >= 0.6 is 15.9 Å². The van der Waals surface area contributed by atoms with E-state index in [1.165, 1.54) is 0 Å². The van der Waals surface area contributed by atoms with Crippen LogP contribution in [0.15, 0.2) is 21.2 Å². The summed E-state index contributed by atoms with van der Waals surface area (Å²) in [5.41, 5.74) is 0. The molecule has 1 aliphatic heterocycles. The van der Waals surface area contributed by atoms with Gasteiger partial charge in [0.15, 0.2) is 4.67 Å². The molecular formula is C11H12BrNO2. The number of nitrogens with zero attached hydrogens (tertiary/aromatic N) is 1. The number of carbonyl (C=O) groups excluding carboxylic acids is 1. The zero-order valence-electron chi connectivity index (χ0n) is 8.28. The molecule has 80 valence electrons. The number of furan rings is 1. The topological polar surface area (TPSA) is 33.5 Å². The predicted octanol–water partition coefficient (Wildman–Crippen LogP) is 2.55. The first-order valence-electron chi connectivity index (χ1n) is 5.29. The maximum absolute atomic E-state index is 11.9. The molecule has 1 amide bonds. The third-order valence-electron chi connectivity index (χ3n) is 3.43. The van der Waals surface area contributed by atoms with Crippen LogP contribution in [0.25, 0.3) is 0 Å². The Morgan fingerprint density at radius 3 is 2.93 bits per heavy atom. The van der Waals surface area contributed by atoms with Gasteiger partial charge in [-0.2, -0.15) is 0 Å². The molecule has 1 aromatic rings. The summed E-state index contributed by atoms with van der Waals surface area (Å²) in [5, 5.41) is 0. The fourth-order valence-electron chi connectivity index (χ4n) is 2.69. The van der Waals surface area contributed by atoms with Gasteiger partial charge >= 0.3 is 0 Å². The Bertz CT molecular complexity index is 401. The average molecular weight is 270 g/mol. The first-order valence-corrected chi connectivity index (χ1v) is 6.08. The number of fused-ring (bicyclic) bond motifs is 2. The lowest BCUT2D eigenvalue weighted by Crippen LogP contribution is -2.36. The number of likely N-dealkylation sites (tertiary alicyclic amines) is 1. The Morgan fingerprint density at radius 1 is 1.47 bits per heavy atom. The molecule has 2 fully saturated rings. The molecular weight excluding hydrogens is 258 g/mol. The molecule has 3 rings (SSSR count). The normalized spacial score (nSPS) is 29.1. The van der Waals surface area contributed by atoms with Crippen molar-refractivity contribution in [2.75, 3.05) is 0 Å². The summed E-state index contributed by atoms with van der Waals surface area (Å²) >= 11 is 3.27. The molecule has 1 saturated heterocycles. The molecule has 0 spiro atoms. The van der Waals surface area contributed by atoms with Crippen LogP contribution in [0, 0.1) is 5.92 Å². The molecule has 15 heavy (non-hydrogen) atoms. The molecule has 2 bridgehead atoms. The van der Waals surface area contributed by atoms with Crippen molar-refractivity contribution in [3.05, 3.63) is 22.6 Å². The van der Waals surface area contributed by atoms with E-state index in [-0.39, 0.29) is 0 Å². The molecule has 0 radical (unpaired) electrons. The van der Waals surface area contributed by atoms with Gasteiger partial charge in [-0.15, -0.1) is 0 Å². The summed E-state index contributed by atoms with van der Waals surface area (Å²) in [6.07, 6.45) is 3.31. The molecule has 4 heteroatoms. The number of hydrogen-bond donors (Lipinski definition) is 0. The van der Waals surface area contributed by atoms with Crippen molar-refractivity contribution in [1.29, 1.82) is 0 Å². The van der Waals surface area contributed by atoms with Gasteiger partial charge in [-0.05, 0) is 47.3 Å². The number of halogens is 1. The Labute approximate surface area is 96.6 Å². The second kappa shape index (κ2) is 3.37. The molecule has 1 saturated carbocycles. The van der Waals surface area contributed by atoms with Crippen LogP contribution in [-0.4, -0.2) is 16.8 Å². The van der Waals surface area contributed by atoms with E-state index in [9.17, 15) is 4.79 Å². The van der Waals surface area contributed by atoms with E-state index in [4.69, 9.17) is 4.42 Å². The van der Waals surface area contributed by atoms with Crippen LogP contribution in [0.5, 0.6) is 0 Å². The van der Waals surface area contributed by atoms with Crippen LogP contribution in [0.2, 0.25) is 0 Å². The standard InChI is InChI=1S/C11H12BrNO2/c12-10-4-3-9(15-10)6-13-8-2-1-7(5-8)11(13)14/h3-4,7-8H,1-2,5-6H2. The quantitative estimate of drug-likeness (QED) is 0.827. The lowest BCUT2D eigenvalue weighted by atomic mass is 10.1. The van der Waals surface area contributed by atoms with Gasteiger partial charge < -0.3 is 9.32 Å². The van der Waals surface area contributed by atoms with Crippen LogP contribution in [0.1, 0.15) is 25.0 Å². The number of rotatable bonds is 2. The van der Waals surface area contributed by atoms with Gasteiger partial charge in [0, 0.05) is 12.0 Å². The zero-order valence-corrected chi connectivity index (χ0v) is 9.87. The molecule has 2 heterocycles. The number of piperidine rings is 1. The Hall–Kier alpha value is -0.770. The number of hydrogen-bond acceptors (Lipinski definition) is 2. The van der Waals surface area contributed by atoms with E-state index < -0.39 is 0 Å². The molecule has 1 aromatic heterocycles. The van der Waals surface area contributed by atoms with Crippen molar-refractivity contribution in [1.82, 2.24) is 4.90 Å². The summed E-state index contributed by atoms with van der Waals surface area (Å²) in [5.74, 6) is 1.48.